The van der Waals surface area contributed by atoms with Crippen molar-refractivity contribution >= 4 is 0 Å². The zero-order chi connectivity index (χ0) is 15.0. The van der Waals surface area contributed by atoms with Crippen molar-refractivity contribution in [1.29, 1.82) is 0 Å². The molecule has 2 aliphatic rings. The molecule has 2 heterocycles. The molecule has 2 nitrogen and oxygen atoms in total. The molecule has 3 rings (SSSR count). The van der Waals surface area contributed by atoms with Crippen molar-refractivity contribution in [3.8, 4) is 0 Å². The number of hydrogen-bond donors (Lipinski definition) is 0. The first-order valence-electron chi connectivity index (χ1n) is 8.45. The number of nitrogens with zero attached hydrogens (tertiary/aromatic N) is 1. The van der Waals surface area contributed by atoms with Gasteiger partial charge in [-0.1, -0.05) is 39.8 Å². The van der Waals surface area contributed by atoms with E-state index in [1.807, 2.05) is 0 Å². The van der Waals surface area contributed by atoms with Crippen LogP contribution in [0.4, 0.5) is 0 Å². The van der Waals surface area contributed by atoms with Crippen molar-refractivity contribution in [3.63, 3.8) is 0 Å². The normalized spacial score (nSPS) is 21.2. The maximum Gasteiger partial charge on any atom is 0.0554 e. The summed E-state index contributed by atoms with van der Waals surface area (Å²) in [4.78, 5) is 2.62. The number of ether oxygens (including phenoxy) is 1. The Morgan fingerprint density at radius 1 is 1.24 bits per heavy atom. The number of rotatable bonds is 4. The molecule has 1 aromatic carbocycles. The molecule has 1 aromatic rings. The lowest BCUT2D eigenvalue weighted by Gasteiger charge is -2.43. The molecule has 0 unspecified atom stereocenters. The van der Waals surface area contributed by atoms with Crippen molar-refractivity contribution in [3.05, 3.63) is 34.4 Å². The first kappa shape index (κ1) is 15.1. The molecule has 0 N–H and O–H groups in total. The highest BCUT2D eigenvalue weighted by Crippen LogP contribution is 2.32. The van der Waals surface area contributed by atoms with Crippen LogP contribution in [0.2, 0.25) is 0 Å². The topological polar surface area (TPSA) is 12.5 Å². The third kappa shape index (κ3) is 3.02. The van der Waals surface area contributed by atoms with Gasteiger partial charge in [-0.3, -0.25) is 4.90 Å². The Hall–Kier alpha value is -0.860. The summed E-state index contributed by atoms with van der Waals surface area (Å²) < 4.78 is 5.40. The monoisotopic (exact) mass is 287 g/mol. The van der Waals surface area contributed by atoms with Gasteiger partial charge in [0.25, 0.3) is 0 Å². The molecule has 2 heteroatoms. The second-order valence-electron chi connectivity index (χ2n) is 7.59. The Labute approximate surface area is 129 Å². The molecular formula is C19H29NO. The lowest BCUT2D eigenvalue weighted by atomic mass is 9.85. The number of hydrogen-bond acceptors (Lipinski definition) is 2. The molecule has 0 bridgehead atoms. The molecule has 0 saturated carbocycles. The lowest BCUT2D eigenvalue weighted by molar-refractivity contribution is -0.116. The largest absolute Gasteiger partial charge is 0.380 e. The smallest absolute Gasteiger partial charge is 0.0554 e. The van der Waals surface area contributed by atoms with Crippen molar-refractivity contribution < 1.29 is 4.74 Å². The minimum absolute atomic E-state index is 0.392. The Morgan fingerprint density at radius 2 is 2.00 bits per heavy atom. The van der Waals surface area contributed by atoms with Crippen LogP contribution in [0.15, 0.2) is 12.1 Å². The van der Waals surface area contributed by atoms with Crippen LogP contribution < -0.4 is 0 Å². The van der Waals surface area contributed by atoms with Crippen LogP contribution in [0.25, 0.3) is 0 Å². The highest BCUT2D eigenvalue weighted by Gasteiger charge is 2.35. The predicted octanol–water partition coefficient (Wildman–Crippen LogP) is 3.77. The molecule has 116 valence electrons. The highest BCUT2D eigenvalue weighted by atomic mass is 16.5. The first-order valence-corrected chi connectivity index (χ1v) is 8.45. The summed E-state index contributed by atoms with van der Waals surface area (Å²) in [6.45, 7) is 14.6. The zero-order valence-corrected chi connectivity index (χ0v) is 14.0. The van der Waals surface area contributed by atoms with E-state index in [-0.39, 0.29) is 0 Å². The minimum Gasteiger partial charge on any atom is -0.380 e. The summed E-state index contributed by atoms with van der Waals surface area (Å²) in [5.74, 6) is 0.634. The van der Waals surface area contributed by atoms with Gasteiger partial charge in [0, 0.05) is 25.0 Å². The van der Waals surface area contributed by atoms with E-state index in [9.17, 15) is 0 Å². The lowest BCUT2D eigenvalue weighted by Crippen LogP contribution is -2.49. The van der Waals surface area contributed by atoms with E-state index in [1.54, 1.807) is 22.3 Å². The second kappa shape index (κ2) is 5.73. The van der Waals surface area contributed by atoms with Gasteiger partial charge >= 0.3 is 0 Å². The average Bonchev–Trinajstić information content (AvgIpc) is 2.43. The van der Waals surface area contributed by atoms with Crippen LogP contribution in [0.5, 0.6) is 0 Å². The maximum atomic E-state index is 5.40. The van der Waals surface area contributed by atoms with E-state index >= 15 is 0 Å². The molecule has 0 amide bonds. The summed E-state index contributed by atoms with van der Waals surface area (Å²) >= 11 is 0. The van der Waals surface area contributed by atoms with E-state index in [0.717, 1.165) is 26.2 Å². The van der Waals surface area contributed by atoms with Gasteiger partial charge in [0.15, 0.2) is 0 Å². The number of aryl methyl sites for hydroxylation is 1. The highest BCUT2D eigenvalue weighted by molar-refractivity contribution is 5.41. The van der Waals surface area contributed by atoms with Crippen LogP contribution in [0, 0.1) is 5.41 Å². The fourth-order valence-corrected chi connectivity index (χ4v) is 3.80. The maximum absolute atomic E-state index is 5.40. The Morgan fingerprint density at radius 3 is 2.57 bits per heavy atom. The average molecular weight is 287 g/mol. The van der Waals surface area contributed by atoms with Crippen LogP contribution in [-0.4, -0.2) is 31.2 Å². The van der Waals surface area contributed by atoms with E-state index in [4.69, 9.17) is 4.74 Å². The van der Waals surface area contributed by atoms with Crippen molar-refractivity contribution in [2.45, 2.75) is 53.0 Å². The SMILES string of the molecule is CCc1cc2c(cc1C(C)C)CCN(CC1(C)COC1)C2. The van der Waals surface area contributed by atoms with E-state index in [2.05, 4.69) is 44.7 Å². The third-order valence-corrected chi connectivity index (χ3v) is 5.06. The molecule has 1 fully saturated rings. The molecule has 0 aliphatic carbocycles. The van der Waals surface area contributed by atoms with E-state index in [0.29, 0.717) is 11.3 Å². The molecule has 0 spiro atoms. The van der Waals surface area contributed by atoms with E-state index in [1.165, 1.54) is 19.5 Å². The fourth-order valence-electron chi connectivity index (χ4n) is 3.80. The summed E-state index contributed by atoms with van der Waals surface area (Å²) in [7, 11) is 0. The molecule has 0 atom stereocenters. The number of fused-ring (bicyclic) bond motifs is 1. The van der Waals surface area contributed by atoms with Gasteiger partial charge in [-0.15, -0.1) is 0 Å². The van der Waals surface area contributed by atoms with Crippen LogP contribution in [0.3, 0.4) is 0 Å². The predicted molar refractivity (Wildman–Crippen MR) is 87.8 cm³/mol. The molecular weight excluding hydrogens is 258 g/mol. The summed E-state index contributed by atoms with van der Waals surface area (Å²) in [6.07, 6.45) is 2.35. The summed E-state index contributed by atoms with van der Waals surface area (Å²) in [5, 5.41) is 0. The standard InChI is InChI=1S/C19H29NO/c1-5-15-8-17-10-20(11-19(4)12-21-13-19)7-6-16(17)9-18(15)14(2)3/h8-9,14H,5-7,10-13H2,1-4H3. The number of benzene rings is 1. The van der Waals surface area contributed by atoms with Gasteiger partial charge in [-0.2, -0.15) is 0 Å². The van der Waals surface area contributed by atoms with Crippen LogP contribution >= 0.6 is 0 Å². The third-order valence-electron chi connectivity index (χ3n) is 5.06. The van der Waals surface area contributed by atoms with Crippen molar-refractivity contribution in [2.75, 3.05) is 26.3 Å². The van der Waals surface area contributed by atoms with E-state index < -0.39 is 0 Å². The summed E-state index contributed by atoms with van der Waals surface area (Å²) in [6, 6.07) is 4.97. The second-order valence-corrected chi connectivity index (χ2v) is 7.59. The Balaban J connectivity index is 1.79. The summed E-state index contributed by atoms with van der Waals surface area (Å²) in [5.41, 5.74) is 6.64. The van der Waals surface area contributed by atoms with Gasteiger partial charge in [0.2, 0.25) is 0 Å². The first-order chi connectivity index (χ1) is 10.0. The quantitative estimate of drug-likeness (QED) is 0.836. The van der Waals surface area contributed by atoms with Gasteiger partial charge in [0.05, 0.1) is 13.2 Å². The molecule has 0 radical (unpaired) electrons. The minimum atomic E-state index is 0.392. The fraction of sp³-hybridized carbons (Fsp3) is 0.684. The van der Waals surface area contributed by atoms with Gasteiger partial charge in [-0.25, -0.2) is 0 Å². The van der Waals surface area contributed by atoms with Crippen molar-refractivity contribution in [2.24, 2.45) is 5.41 Å². The molecule has 1 saturated heterocycles. The van der Waals surface area contributed by atoms with Gasteiger partial charge in [-0.05, 0) is 41.0 Å². The molecule has 2 aliphatic heterocycles. The van der Waals surface area contributed by atoms with Crippen LogP contribution in [-0.2, 0) is 24.1 Å². The molecule has 0 aromatic heterocycles. The Bertz CT molecular complexity index is 517. The zero-order valence-electron chi connectivity index (χ0n) is 14.0. The van der Waals surface area contributed by atoms with Crippen LogP contribution in [0.1, 0.15) is 55.9 Å². The van der Waals surface area contributed by atoms with Crippen molar-refractivity contribution in [1.82, 2.24) is 4.90 Å². The molecule has 21 heavy (non-hydrogen) atoms. The Kier molecular flexibility index (Phi) is 4.11. The van der Waals surface area contributed by atoms with Gasteiger partial charge < -0.3 is 4.74 Å². The van der Waals surface area contributed by atoms with Gasteiger partial charge in [0.1, 0.15) is 0 Å².